The molecule has 0 saturated carbocycles. The van der Waals surface area contributed by atoms with Gasteiger partial charge in [0.2, 0.25) is 5.88 Å². The number of ether oxygens (including phenoxy) is 3. The van der Waals surface area contributed by atoms with Crippen LogP contribution in [-0.2, 0) is 0 Å². The van der Waals surface area contributed by atoms with E-state index in [1.807, 2.05) is 6.92 Å². The largest absolute Gasteiger partial charge is 0.493 e. The molecule has 3 rings (SSSR count). The molecule has 8 heteroatoms. The van der Waals surface area contributed by atoms with Gasteiger partial charge in [-0.15, -0.1) is 0 Å². The average Bonchev–Trinajstić information content (AvgIpc) is 2.63. The van der Waals surface area contributed by atoms with Crippen molar-refractivity contribution in [1.29, 1.82) is 0 Å². The summed E-state index contributed by atoms with van der Waals surface area (Å²) >= 11 is 0. The predicted molar refractivity (Wildman–Crippen MR) is 97.1 cm³/mol. The van der Waals surface area contributed by atoms with Gasteiger partial charge in [-0.05, 0) is 25.1 Å². The van der Waals surface area contributed by atoms with Crippen LogP contribution in [-0.4, -0.2) is 30.2 Å². The van der Waals surface area contributed by atoms with E-state index in [0.717, 1.165) is 5.56 Å². The molecule has 0 bridgehead atoms. The number of rotatable bonds is 5. The first-order valence-corrected chi connectivity index (χ1v) is 7.74. The van der Waals surface area contributed by atoms with Crippen molar-refractivity contribution in [3.05, 3.63) is 42.2 Å². The second-order valence-corrected chi connectivity index (χ2v) is 5.42. The van der Waals surface area contributed by atoms with E-state index in [-0.39, 0.29) is 0 Å². The molecule has 8 nitrogen and oxygen atoms in total. The maximum absolute atomic E-state index is 11.1. The van der Waals surface area contributed by atoms with E-state index >= 15 is 0 Å². The molecule has 0 aliphatic heterocycles. The Bertz CT molecular complexity index is 975. The van der Waals surface area contributed by atoms with Gasteiger partial charge in [-0.1, -0.05) is 6.07 Å². The molecule has 0 saturated heterocycles. The van der Waals surface area contributed by atoms with Crippen molar-refractivity contribution in [2.24, 2.45) is 5.73 Å². The highest BCUT2D eigenvalue weighted by Crippen LogP contribution is 2.37. The zero-order valence-electron chi connectivity index (χ0n) is 14.6. The summed E-state index contributed by atoms with van der Waals surface area (Å²) in [5.41, 5.74) is 7.13. The van der Waals surface area contributed by atoms with Crippen LogP contribution in [0.5, 0.6) is 23.1 Å². The summed E-state index contributed by atoms with van der Waals surface area (Å²) in [4.78, 5) is 19.6. The van der Waals surface area contributed by atoms with Crippen LogP contribution in [0.2, 0.25) is 0 Å². The van der Waals surface area contributed by atoms with Gasteiger partial charge in [0.05, 0.1) is 25.1 Å². The van der Waals surface area contributed by atoms with Crippen molar-refractivity contribution in [1.82, 2.24) is 9.97 Å². The van der Waals surface area contributed by atoms with Crippen molar-refractivity contribution in [2.45, 2.75) is 6.92 Å². The molecule has 0 spiro atoms. The Morgan fingerprint density at radius 2 is 1.81 bits per heavy atom. The van der Waals surface area contributed by atoms with Crippen LogP contribution in [0.1, 0.15) is 5.56 Å². The van der Waals surface area contributed by atoms with Gasteiger partial charge in [0.15, 0.2) is 11.5 Å². The predicted octanol–water partition coefficient (Wildman–Crippen LogP) is 3.24. The zero-order valence-corrected chi connectivity index (χ0v) is 14.6. The highest BCUT2D eigenvalue weighted by atomic mass is 16.5. The van der Waals surface area contributed by atoms with Gasteiger partial charge in [-0.2, -0.15) is 0 Å². The summed E-state index contributed by atoms with van der Waals surface area (Å²) in [5.74, 6) is 2.00. The first-order chi connectivity index (χ1) is 12.5. The first-order valence-electron chi connectivity index (χ1n) is 7.74. The number of amides is 2. The standard InChI is InChI=1S/C18H18N4O4/c1-10-12(22-18(19)23)5-4-6-14(10)26-17-11-7-15(24-2)16(25-3)8-13(11)20-9-21-17/h4-9H,1-3H3,(H3,19,22,23). The Kier molecular flexibility index (Phi) is 4.74. The topological polar surface area (TPSA) is 109 Å². The van der Waals surface area contributed by atoms with Gasteiger partial charge in [0.1, 0.15) is 12.1 Å². The van der Waals surface area contributed by atoms with Gasteiger partial charge < -0.3 is 25.3 Å². The summed E-state index contributed by atoms with van der Waals surface area (Å²) in [6.45, 7) is 1.81. The molecule has 1 aromatic heterocycles. The van der Waals surface area contributed by atoms with E-state index in [4.69, 9.17) is 19.9 Å². The number of nitrogens with one attached hydrogen (secondary N) is 1. The summed E-state index contributed by atoms with van der Waals surface area (Å²) in [7, 11) is 3.11. The molecule has 2 aromatic carbocycles. The third kappa shape index (κ3) is 3.30. The van der Waals surface area contributed by atoms with Crippen LogP contribution in [0.25, 0.3) is 10.9 Å². The van der Waals surface area contributed by atoms with E-state index in [9.17, 15) is 4.79 Å². The Labute approximate surface area is 149 Å². The highest BCUT2D eigenvalue weighted by Gasteiger charge is 2.14. The lowest BCUT2D eigenvalue weighted by Gasteiger charge is -2.14. The van der Waals surface area contributed by atoms with Gasteiger partial charge in [-0.25, -0.2) is 14.8 Å². The second kappa shape index (κ2) is 7.14. The molecule has 0 aliphatic rings. The number of nitrogens with zero attached hydrogens (tertiary/aromatic N) is 2. The minimum Gasteiger partial charge on any atom is -0.493 e. The summed E-state index contributed by atoms with van der Waals surface area (Å²) in [6, 6.07) is 8.12. The van der Waals surface area contributed by atoms with Crippen molar-refractivity contribution in [2.75, 3.05) is 19.5 Å². The lowest BCUT2D eigenvalue weighted by atomic mass is 10.1. The van der Waals surface area contributed by atoms with Crippen LogP contribution in [0.15, 0.2) is 36.7 Å². The van der Waals surface area contributed by atoms with Crippen LogP contribution in [0.3, 0.4) is 0 Å². The zero-order chi connectivity index (χ0) is 18.7. The van der Waals surface area contributed by atoms with E-state index < -0.39 is 6.03 Å². The van der Waals surface area contributed by atoms with Crippen molar-refractivity contribution in [3.63, 3.8) is 0 Å². The molecule has 0 aliphatic carbocycles. The van der Waals surface area contributed by atoms with E-state index in [1.54, 1.807) is 44.6 Å². The number of fused-ring (bicyclic) bond motifs is 1. The fourth-order valence-electron chi connectivity index (χ4n) is 2.54. The number of benzene rings is 2. The lowest BCUT2D eigenvalue weighted by molar-refractivity contribution is 0.259. The van der Waals surface area contributed by atoms with Gasteiger partial charge in [-0.3, -0.25) is 0 Å². The third-order valence-corrected chi connectivity index (χ3v) is 3.85. The molecule has 3 aromatic rings. The molecule has 134 valence electrons. The highest BCUT2D eigenvalue weighted by molar-refractivity contribution is 5.89. The minimum absolute atomic E-state index is 0.357. The average molecular weight is 354 g/mol. The number of hydrogen-bond acceptors (Lipinski definition) is 6. The number of carbonyl (C=O) groups is 1. The van der Waals surface area contributed by atoms with Crippen molar-refractivity contribution in [3.8, 4) is 23.1 Å². The monoisotopic (exact) mass is 354 g/mol. The molecule has 0 radical (unpaired) electrons. The molecule has 3 N–H and O–H groups in total. The minimum atomic E-state index is -0.644. The summed E-state index contributed by atoms with van der Waals surface area (Å²) < 4.78 is 16.6. The molecule has 1 heterocycles. The fraction of sp³-hybridized carbons (Fsp3) is 0.167. The van der Waals surface area contributed by atoms with E-state index in [2.05, 4.69) is 15.3 Å². The SMILES string of the molecule is COc1cc2ncnc(Oc3cccc(NC(N)=O)c3C)c2cc1OC. The van der Waals surface area contributed by atoms with Crippen molar-refractivity contribution < 1.29 is 19.0 Å². The Hall–Kier alpha value is -3.55. The summed E-state index contributed by atoms with van der Waals surface area (Å²) in [5, 5.41) is 3.22. The van der Waals surface area contributed by atoms with Crippen LogP contribution < -0.4 is 25.3 Å². The smallest absolute Gasteiger partial charge is 0.316 e. The maximum Gasteiger partial charge on any atom is 0.316 e. The Morgan fingerprint density at radius 3 is 2.50 bits per heavy atom. The molecule has 2 amide bonds. The lowest BCUT2D eigenvalue weighted by Crippen LogP contribution is -2.19. The summed E-state index contributed by atoms with van der Waals surface area (Å²) in [6.07, 6.45) is 1.41. The molecular weight excluding hydrogens is 336 g/mol. The van der Waals surface area contributed by atoms with Gasteiger partial charge in [0, 0.05) is 17.3 Å². The molecule has 0 fully saturated rings. The second-order valence-electron chi connectivity index (χ2n) is 5.42. The molecule has 0 atom stereocenters. The number of anilines is 1. The van der Waals surface area contributed by atoms with Crippen LogP contribution >= 0.6 is 0 Å². The Balaban J connectivity index is 2.05. The van der Waals surface area contributed by atoms with Crippen LogP contribution in [0, 0.1) is 6.92 Å². The van der Waals surface area contributed by atoms with Gasteiger partial charge in [0.25, 0.3) is 0 Å². The number of carbonyl (C=O) groups excluding carboxylic acids is 1. The maximum atomic E-state index is 11.1. The van der Waals surface area contributed by atoms with Crippen molar-refractivity contribution >= 4 is 22.6 Å². The quantitative estimate of drug-likeness (QED) is 0.728. The van der Waals surface area contributed by atoms with E-state index in [0.29, 0.717) is 39.7 Å². The normalized spacial score (nSPS) is 10.4. The number of aromatic nitrogens is 2. The number of nitrogens with two attached hydrogens (primary N) is 1. The molecular formula is C18H18N4O4. The molecule has 0 unspecified atom stereocenters. The number of hydrogen-bond donors (Lipinski definition) is 2. The van der Waals surface area contributed by atoms with Gasteiger partial charge >= 0.3 is 6.03 Å². The fourth-order valence-corrected chi connectivity index (χ4v) is 2.54. The molecule has 26 heavy (non-hydrogen) atoms. The number of urea groups is 1. The first kappa shape index (κ1) is 17.3. The number of primary amides is 1. The Morgan fingerprint density at radius 1 is 1.08 bits per heavy atom. The number of methoxy groups -OCH3 is 2. The van der Waals surface area contributed by atoms with Crippen LogP contribution in [0.4, 0.5) is 10.5 Å². The van der Waals surface area contributed by atoms with E-state index in [1.165, 1.54) is 6.33 Å². The third-order valence-electron chi connectivity index (χ3n) is 3.85.